The highest BCUT2D eigenvalue weighted by Gasteiger charge is 2.15. The van der Waals surface area contributed by atoms with E-state index in [4.69, 9.17) is 9.15 Å². The lowest BCUT2D eigenvalue weighted by Crippen LogP contribution is -2.21. The van der Waals surface area contributed by atoms with Crippen LogP contribution in [0, 0.1) is 5.82 Å². The highest BCUT2D eigenvalue weighted by molar-refractivity contribution is 6.00. The maximum Gasteiger partial charge on any atom is 0.244 e. The Hall–Kier alpha value is -3.93. The Labute approximate surface area is 179 Å². The average Bonchev–Trinajstić information content (AvgIpc) is 3.21. The standard InChI is InChI=1S/C25H21FN2O3/c1-16(11-25(29)28-14-19-5-3-4-10-27-19)20-12-21-22(17-6-8-18(26)9-7-17)15-31-24(21)13-23(20)30-2/h3-13,15H,14H2,1-2H3,(H,28,29)/b16-11+. The van der Waals surface area contributed by atoms with E-state index in [1.54, 1.807) is 37.8 Å². The van der Waals surface area contributed by atoms with Crippen molar-refractivity contribution in [3.05, 3.63) is 90.2 Å². The third-order valence-corrected chi connectivity index (χ3v) is 4.99. The molecule has 0 saturated heterocycles. The number of amides is 1. The number of ether oxygens (including phenoxy) is 1. The number of carbonyl (C=O) groups excluding carboxylic acids is 1. The topological polar surface area (TPSA) is 64.4 Å². The van der Waals surface area contributed by atoms with E-state index in [0.717, 1.165) is 33.3 Å². The second-order valence-corrected chi connectivity index (χ2v) is 7.07. The molecule has 4 rings (SSSR count). The molecule has 0 aliphatic carbocycles. The fourth-order valence-corrected chi connectivity index (χ4v) is 3.39. The van der Waals surface area contributed by atoms with E-state index in [1.807, 2.05) is 31.2 Å². The Balaban J connectivity index is 1.65. The molecule has 2 heterocycles. The molecule has 31 heavy (non-hydrogen) atoms. The van der Waals surface area contributed by atoms with Gasteiger partial charge in [0.15, 0.2) is 0 Å². The van der Waals surface area contributed by atoms with E-state index < -0.39 is 0 Å². The molecule has 0 saturated carbocycles. The molecule has 1 N–H and O–H groups in total. The number of allylic oxidation sites excluding steroid dienone is 1. The third kappa shape index (κ3) is 4.48. The summed E-state index contributed by atoms with van der Waals surface area (Å²) < 4.78 is 24.5. The van der Waals surface area contributed by atoms with Gasteiger partial charge in [0, 0.05) is 34.9 Å². The second-order valence-electron chi connectivity index (χ2n) is 7.07. The van der Waals surface area contributed by atoms with Gasteiger partial charge >= 0.3 is 0 Å². The molecular formula is C25H21FN2O3. The van der Waals surface area contributed by atoms with E-state index in [2.05, 4.69) is 10.3 Å². The lowest BCUT2D eigenvalue weighted by Gasteiger charge is -2.10. The molecule has 0 radical (unpaired) electrons. The zero-order valence-corrected chi connectivity index (χ0v) is 17.2. The van der Waals surface area contributed by atoms with Crippen LogP contribution in [0.25, 0.3) is 27.7 Å². The van der Waals surface area contributed by atoms with Gasteiger partial charge in [-0.2, -0.15) is 0 Å². The van der Waals surface area contributed by atoms with Crippen molar-refractivity contribution in [2.24, 2.45) is 0 Å². The molecule has 0 aliphatic rings. The minimum atomic E-state index is -0.297. The van der Waals surface area contributed by atoms with Crippen LogP contribution in [0.5, 0.6) is 5.75 Å². The SMILES string of the molecule is COc1cc2occ(-c3ccc(F)cc3)c2cc1/C(C)=C/C(=O)NCc1ccccn1. The van der Waals surface area contributed by atoms with Crippen LogP contribution < -0.4 is 10.1 Å². The molecule has 156 valence electrons. The van der Waals surface area contributed by atoms with E-state index in [1.165, 1.54) is 18.2 Å². The summed E-state index contributed by atoms with van der Waals surface area (Å²) in [6, 6.07) is 15.5. The number of fused-ring (bicyclic) bond motifs is 1. The average molecular weight is 416 g/mol. The number of benzene rings is 2. The van der Waals surface area contributed by atoms with Crippen LogP contribution in [0.4, 0.5) is 4.39 Å². The van der Waals surface area contributed by atoms with Crippen molar-refractivity contribution in [3.8, 4) is 16.9 Å². The summed E-state index contributed by atoms with van der Waals surface area (Å²) in [7, 11) is 1.57. The van der Waals surface area contributed by atoms with Crippen molar-refractivity contribution >= 4 is 22.4 Å². The Morgan fingerprint density at radius 1 is 1.19 bits per heavy atom. The first kappa shape index (κ1) is 20.3. The number of nitrogens with zero attached hydrogens (tertiary/aromatic N) is 1. The predicted molar refractivity (Wildman–Crippen MR) is 118 cm³/mol. The largest absolute Gasteiger partial charge is 0.496 e. The number of nitrogens with one attached hydrogen (secondary N) is 1. The van der Waals surface area contributed by atoms with E-state index in [-0.39, 0.29) is 11.7 Å². The number of carbonyl (C=O) groups is 1. The van der Waals surface area contributed by atoms with Gasteiger partial charge in [-0.1, -0.05) is 18.2 Å². The Morgan fingerprint density at radius 2 is 2.00 bits per heavy atom. The van der Waals surface area contributed by atoms with Crippen LogP contribution in [0.1, 0.15) is 18.2 Å². The summed E-state index contributed by atoms with van der Waals surface area (Å²) >= 11 is 0. The Morgan fingerprint density at radius 3 is 2.71 bits per heavy atom. The predicted octanol–water partition coefficient (Wildman–Crippen LogP) is 5.36. The molecule has 0 spiro atoms. The van der Waals surface area contributed by atoms with Gasteiger partial charge in [0.1, 0.15) is 17.1 Å². The highest BCUT2D eigenvalue weighted by Crippen LogP contribution is 2.37. The zero-order valence-electron chi connectivity index (χ0n) is 17.2. The first-order chi connectivity index (χ1) is 15.0. The maximum atomic E-state index is 13.3. The smallest absolute Gasteiger partial charge is 0.244 e. The molecule has 0 aliphatic heterocycles. The van der Waals surface area contributed by atoms with Crippen LogP contribution in [0.3, 0.4) is 0 Å². The van der Waals surface area contributed by atoms with E-state index in [0.29, 0.717) is 17.9 Å². The first-order valence-corrected chi connectivity index (χ1v) is 9.76. The number of hydrogen-bond acceptors (Lipinski definition) is 4. The number of aromatic nitrogens is 1. The molecule has 2 aromatic carbocycles. The lowest BCUT2D eigenvalue weighted by molar-refractivity contribution is -0.116. The van der Waals surface area contributed by atoms with Crippen LogP contribution in [-0.2, 0) is 11.3 Å². The van der Waals surface area contributed by atoms with Gasteiger partial charge in [-0.15, -0.1) is 0 Å². The molecule has 6 heteroatoms. The Bertz CT molecular complexity index is 1250. The zero-order chi connectivity index (χ0) is 21.8. The van der Waals surface area contributed by atoms with Crippen molar-refractivity contribution in [1.29, 1.82) is 0 Å². The monoisotopic (exact) mass is 416 g/mol. The van der Waals surface area contributed by atoms with Crippen molar-refractivity contribution in [3.63, 3.8) is 0 Å². The van der Waals surface area contributed by atoms with Crippen LogP contribution in [0.15, 0.2) is 77.6 Å². The first-order valence-electron chi connectivity index (χ1n) is 9.76. The van der Waals surface area contributed by atoms with Crippen LogP contribution in [-0.4, -0.2) is 18.0 Å². The molecule has 0 fully saturated rings. The van der Waals surface area contributed by atoms with Gasteiger partial charge in [-0.25, -0.2) is 4.39 Å². The van der Waals surface area contributed by atoms with Gasteiger partial charge in [-0.3, -0.25) is 9.78 Å². The lowest BCUT2D eigenvalue weighted by atomic mass is 9.99. The molecular weight excluding hydrogens is 395 g/mol. The van der Waals surface area contributed by atoms with Crippen molar-refractivity contribution < 1.29 is 18.3 Å². The van der Waals surface area contributed by atoms with Crippen molar-refractivity contribution in [1.82, 2.24) is 10.3 Å². The van der Waals surface area contributed by atoms with Gasteiger partial charge in [0.05, 0.1) is 25.6 Å². The minimum absolute atomic E-state index is 0.226. The van der Waals surface area contributed by atoms with Gasteiger partial charge in [0.25, 0.3) is 0 Å². The summed E-state index contributed by atoms with van der Waals surface area (Å²) in [5.74, 6) is 0.0736. The summed E-state index contributed by atoms with van der Waals surface area (Å²) in [5, 5.41) is 3.69. The summed E-state index contributed by atoms with van der Waals surface area (Å²) in [6.07, 6.45) is 4.86. The van der Waals surface area contributed by atoms with Gasteiger partial charge < -0.3 is 14.5 Å². The molecule has 4 aromatic rings. The minimum Gasteiger partial charge on any atom is -0.496 e. The number of furan rings is 1. The number of methoxy groups -OCH3 is 1. The van der Waals surface area contributed by atoms with E-state index >= 15 is 0 Å². The number of hydrogen-bond donors (Lipinski definition) is 1. The number of halogens is 1. The molecule has 0 unspecified atom stereocenters. The van der Waals surface area contributed by atoms with Crippen molar-refractivity contribution in [2.75, 3.05) is 7.11 Å². The van der Waals surface area contributed by atoms with Crippen molar-refractivity contribution in [2.45, 2.75) is 13.5 Å². The molecule has 0 atom stereocenters. The molecule has 2 aromatic heterocycles. The van der Waals surface area contributed by atoms with Gasteiger partial charge in [0.2, 0.25) is 5.91 Å². The Kier molecular flexibility index (Phi) is 5.80. The molecule has 1 amide bonds. The van der Waals surface area contributed by atoms with E-state index in [9.17, 15) is 9.18 Å². The third-order valence-electron chi connectivity index (χ3n) is 4.99. The molecule has 5 nitrogen and oxygen atoms in total. The molecule has 0 bridgehead atoms. The second kappa shape index (κ2) is 8.83. The quantitative estimate of drug-likeness (QED) is 0.430. The summed E-state index contributed by atoms with van der Waals surface area (Å²) in [6.45, 7) is 2.19. The fraction of sp³-hybridized carbons (Fsp3) is 0.120. The summed E-state index contributed by atoms with van der Waals surface area (Å²) in [5.41, 5.74) is 4.61. The number of pyridine rings is 1. The number of rotatable bonds is 6. The highest BCUT2D eigenvalue weighted by atomic mass is 19.1. The fourth-order valence-electron chi connectivity index (χ4n) is 3.39. The summed E-state index contributed by atoms with van der Waals surface area (Å²) in [4.78, 5) is 16.6. The maximum absolute atomic E-state index is 13.3. The normalized spacial score (nSPS) is 11.5. The van der Waals surface area contributed by atoms with Crippen LogP contribution in [0.2, 0.25) is 0 Å². The van der Waals surface area contributed by atoms with Gasteiger partial charge in [-0.05, 0) is 48.4 Å². The van der Waals surface area contributed by atoms with Crippen LogP contribution >= 0.6 is 0 Å².